The summed E-state index contributed by atoms with van der Waals surface area (Å²) in [5.41, 5.74) is 4.11. The Balaban J connectivity index is 1.81. The molecule has 2 aromatic heterocycles. The summed E-state index contributed by atoms with van der Waals surface area (Å²) in [6.07, 6.45) is 1.54. The lowest BCUT2D eigenvalue weighted by Crippen LogP contribution is -2.28. The van der Waals surface area contributed by atoms with Crippen LogP contribution in [0.5, 0.6) is 0 Å². The van der Waals surface area contributed by atoms with Crippen LogP contribution in [0, 0.1) is 20.8 Å². The molecule has 0 atom stereocenters. The number of halogens is 1. The minimum Gasteiger partial charge on any atom is -0.348 e. The first-order valence-electron chi connectivity index (χ1n) is 8.15. The van der Waals surface area contributed by atoms with E-state index in [-0.39, 0.29) is 18.0 Å². The van der Waals surface area contributed by atoms with E-state index in [1.54, 1.807) is 4.68 Å². The predicted octanol–water partition coefficient (Wildman–Crippen LogP) is 3.18. The van der Waals surface area contributed by atoms with Gasteiger partial charge in [-0.2, -0.15) is 5.10 Å². The van der Waals surface area contributed by atoms with Crippen LogP contribution in [0.15, 0.2) is 45.8 Å². The fourth-order valence-electron chi connectivity index (χ4n) is 2.87. The van der Waals surface area contributed by atoms with Crippen molar-refractivity contribution >= 4 is 21.8 Å². The van der Waals surface area contributed by atoms with Crippen LogP contribution in [-0.2, 0) is 6.54 Å². The smallest absolute Gasteiger partial charge is 0.255 e. The maximum absolute atomic E-state index is 12.6. The van der Waals surface area contributed by atoms with Crippen LogP contribution < -0.4 is 10.9 Å². The van der Waals surface area contributed by atoms with Crippen LogP contribution in [0.3, 0.4) is 0 Å². The maximum atomic E-state index is 12.6. The topological polar surface area (TPSA) is 79.8 Å². The number of benzene rings is 1. The Labute approximate surface area is 159 Å². The van der Waals surface area contributed by atoms with E-state index in [2.05, 4.69) is 31.3 Å². The Morgan fingerprint density at radius 1 is 1.27 bits per heavy atom. The van der Waals surface area contributed by atoms with E-state index >= 15 is 0 Å². The van der Waals surface area contributed by atoms with Crippen molar-refractivity contribution < 1.29 is 4.79 Å². The number of nitrogens with zero attached hydrogens (tertiary/aromatic N) is 2. The molecule has 0 aliphatic carbocycles. The molecule has 1 amide bonds. The van der Waals surface area contributed by atoms with Crippen LogP contribution in [0.4, 0.5) is 0 Å². The molecule has 0 fully saturated rings. The van der Waals surface area contributed by atoms with Gasteiger partial charge in [0.25, 0.3) is 11.5 Å². The van der Waals surface area contributed by atoms with Gasteiger partial charge in [-0.3, -0.25) is 9.59 Å². The second-order valence-electron chi connectivity index (χ2n) is 6.16. The molecule has 26 heavy (non-hydrogen) atoms. The molecule has 0 aliphatic heterocycles. The Bertz CT molecular complexity index is 1040. The Hall–Kier alpha value is -2.67. The number of carbonyl (C=O) groups excluding carboxylic acids is 1. The largest absolute Gasteiger partial charge is 0.348 e. The standard InChI is InChI=1S/C19H19BrN4O2/c1-11-7-12(2)23-19(26)16(11)9-21-18(25)17-10-22-24(13(17)3)15-6-4-5-14(20)8-15/h4-8,10H,9H2,1-3H3,(H,21,25)(H,23,26). The molecule has 2 N–H and O–H groups in total. The van der Waals surface area contributed by atoms with Gasteiger partial charge in [0.2, 0.25) is 0 Å². The van der Waals surface area contributed by atoms with Gasteiger partial charge < -0.3 is 10.3 Å². The van der Waals surface area contributed by atoms with Gasteiger partial charge in [0.1, 0.15) is 0 Å². The van der Waals surface area contributed by atoms with Crippen molar-refractivity contribution in [3.63, 3.8) is 0 Å². The summed E-state index contributed by atoms with van der Waals surface area (Å²) in [6, 6.07) is 9.57. The summed E-state index contributed by atoms with van der Waals surface area (Å²) in [5, 5.41) is 7.13. The van der Waals surface area contributed by atoms with Crippen molar-refractivity contribution in [2.75, 3.05) is 0 Å². The zero-order valence-electron chi connectivity index (χ0n) is 14.8. The lowest BCUT2D eigenvalue weighted by molar-refractivity contribution is 0.0950. The Kier molecular flexibility index (Phi) is 5.08. The van der Waals surface area contributed by atoms with Crippen LogP contribution in [-0.4, -0.2) is 20.7 Å². The maximum Gasteiger partial charge on any atom is 0.255 e. The molecule has 1 aromatic carbocycles. The van der Waals surface area contributed by atoms with E-state index in [9.17, 15) is 9.59 Å². The second kappa shape index (κ2) is 7.29. The lowest BCUT2D eigenvalue weighted by atomic mass is 10.1. The highest BCUT2D eigenvalue weighted by Crippen LogP contribution is 2.18. The van der Waals surface area contributed by atoms with Gasteiger partial charge in [-0.15, -0.1) is 0 Å². The Morgan fingerprint density at radius 3 is 2.73 bits per heavy atom. The summed E-state index contributed by atoms with van der Waals surface area (Å²) < 4.78 is 2.65. The number of nitrogens with one attached hydrogen (secondary N) is 2. The molecule has 7 heteroatoms. The van der Waals surface area contributed by atoms with Crippen LogP contribution >= 0.6 is 15.9 Å². The highest BCUT2D eigenvalue weighted by Gasteiger charge is 2.16. The predicted molar refractivity (Wildman–Crippen MR) is 104 cm³/mol. The van der Waals surface area contributed by atoms with Gasteiger partial charge in [0.15, 0.2) is 0 Å². The van der Waals surface area contributed by atoms with Crippen molar-refractivity contribution in [1.29, 1.82) is 0 Å². The van der Waals surface area contributed by atoms with E-state index in [0.717, 1.165) is 27.1 Å². The zero-order valence-corrected chi connectivity index (χ0v) is 16.3. The molecule has 3 aromatic rings. The third-order valence-electron chi connectivity index (χ3n) is 4.23. The lowest BCUT2D eigenvalue weighted by Gasteiger charge is -2.09. The molecular weight excluding hydrogens is 396 g/mol. The highest BCUT2D eigenvalue weighted by molar-refractivity contribution is 9.10. The van der Waals surface area contributed by atoms with Gasteiger partial charge in [-0.1, -0.05) is 22.0 Å². The van der Waals surface area contributed by atoms with E-state index in [1.165, 1.54) is 6.20 Å². The first kappa shape index (κ1) is 18.1. The molecule has 3 rings (SSSR count). The molecule has 0 saturated heterocycles. The minimum absolute atomic E-state index is 0.168. The second-order valence-corrected chi connectivity index (χ2v) is 7.08. The molecule has 0 unspecified atom stereocenters. The summed E-state index contributed by atoms with van der Waals surface area (Å²) in [5.74, 6) is -0.261. The van der Waals surface area contributed by atoms with Crippen molar-refractivity contribution in [3.8, 4) is 5.69 Å². The number of pyridine rings is 1. The van der Waals surface area contributed by atoms with Gasteiger partial charge in [0.05, 0.1) is 23.1 Å². The number of hydrogen-bond donors (Lipinski definition) is 2. The molecule has 0 bridgehead atoms. The number of amides is 1. The van der Waals surface area contributed by atoms with Crippen LogP contribution in [0.1, 0.15) is 32.9 Å². The number of H-pyrrole nitrogens is 1. The summed E-state index contributed by atoms with van der Waals surface area (Å²) in [4.78, 5) is 27.4. The summed E-state index contributed by atoms with van der Waals surface area (Å²) in [6.45, 7) is 5.70. The van der Waals surface area contributed by atoms with E-state index in [1.807, 2.05) is 51.1 Å². The van der Waals surface area contributed by atoms with Gasteiger partial charge >= 0.3 is 0 Å². The molecule has 0 saturated carbocycles. The van der Waals surface area contributed by atoms with Crippen molar-refractivity contribution in [3.05, 3.63) is 79.4 Å². The SMILES string of the molecule is Cc1cc(C)c(CNC(=O)c2cnn(-c3cccc(Br)c3)c2C)c(=O)[nH]1. The number of carbonyl (C=O) groups is 1. The van der Waals surface area contributed by atoms with Crippen molar-refractivity contribution in [1.82, 2.24) is 20.1 Å². The number of hydrogen-bond acceptors (Lipinski definition) is 3. The number of aromatic amines is 1. The normalized spacial score (nSPS) is 10.8. The molecular formula is C19H19BrN4O2. The van der Waals surface area contributed by atoms with Crippen molar-refractivity contribution in [2.45, 2.75) is 27.3 Å². The quantitative estimate of drug-likeness (QED) is 0.687. The van der Waals surface area contributed by atoms with Crippen LogP contribution in [0.25, 0.3) is 5.69 Å². The third-order valence-corrected chi connectivity index (χ3v) is 4.72. The summed E-state index contributed by atoms with van der Waals surface area (Å²) >= 11 is 3.44. The highest BCUT2D eigenvalue weighted by atomic mass is 79.9. The first-order valence-corrected chi connectivity index (χ1v) is 8.94. The number of rotatable bonds is 4. The summed E-state index contributed by atoms with van der Waals surface area (Å²) in [7, 11) is 0. The zero-order chi connectivity index (χ0) is 18.8. The van der Waals surface area contributed by atoms with E-state index in [4.69, 9.17) is 0 Å². The van der Waals surface area contributed by atoms with Gasteiger partial charge in [-0.25, -0.2) is 4.68 Å². The Morgan fingerprint density at radius 2 is 2.04 bits per heavy atom. The average molecular weight is 415 g/mol. The van der Waals surface area contributed by atoms with E-state index < -0.39 is 0 Å². The molecule has 2 heterocycles. The van der Waals surface area contributed by atoms with Gasteiger partial charge in [-0.05, 0) is 50.6 Å². The molecule has 0 aliphatic rings. The first-order chi connectivity index (χ1) is 12.4. The minimum atomic E-state index is -0.261. The average Bonchev–Trinajstić information content (AvgIpc) is 2.95. The van der Waals surface area contributed by atoms with E-state index in [0.29, 0.717) is 11.1 Å². The monoisotopic (exact) mass is 414 g/mol. The molecule has 0 spiro atoms. The fraction of sp³-hybridized carbons (Fsp3) is 0.211. The van der Waals surface area contributed by atoms with Crippen LogP contribution in [0.2, 0.25) is 0 Å². The third kappa shape index (κ3) is 3.62. The molecule has 0 radical (unpaired) electrons. The molecule has 134 valence electrons. The number of aryl methyl sites for hydroxylation is 2. The molecule has 6 nitrogen and oxygen atoms in total. The fourth-order valence-corrected chi connectivity index (χ4v) is 3.25. The number of aromatic nitrogens is 3. The van der Waals surface area contributed by atoms with Crippen molar-refractivity contribution in [2.24, 2.45) is 0 Å². The van der Waals surface area contributed by atoms with Gasteiger partial charge in [0, 0.05) is 22.3 Å².